The normalized spacial score (nSPS) is 14.7. The molecule has 1 aliphatic heterocycles. The number of hydrogen-bond donors (Lipinski definition) is 2. The van der Waals surface area contributed by atoms with Gasteiger partial charge >= 0.3 is 11.8 Å². The van der Waals surface area contributed by atoms with Crippen molar-refractivity contribution in [1.82, 2.24) is 5.32 Å². The summed E-state index contributed by atoms with van der Waals surface area (Å²) >= 11 is 6.05. The number of anilines is 2. The molecule has 1 fully saturated rings. The highest BCUT2D eigenvalue weighted by atomic mass is 35.5. The summed E-state index contributed by atoms with van der Waals surface area (Å²) in [4.78, 5) is 26.4. The molecule has 0 aromatic heterocycles. The van der Waals surface area contributed by atoms with Gasteiger partial charge in [-0.2, -0.15) is 0 Å². The molecule has 27 heavy (non-hydrogen) atoms. The summed E-state index contributed by atoms with van der Waals surface area (Å²) in [6.07, 6.45) is 2.40. The first-order chi connectivity index (χ1) is 13.0. The summed E-state index contributed by atoms with van der Waals surface area (Å²) in [6.45, 7) is 4.60. The Morgan fingerprint density at radius 3 is 2.37 bits per heavy atom. The first kappa shape index (κ1) is 19.2. The van der Waals surface area contributed by atoms with Crippen LogP contribution < -0.4 is 15.5 Å². The summed E-state index contributed by atoms with van der Waals surface area (Å²) in [5.41, 5.74) is 2.51. The topological polar surface area (TPSA) is 61.4 Å². The third-order valence-corrected chi connectivity index (χ3v) is 5.25. The second-order valence-electron chi connectivity index (χ2n) is 6.94. The van der Waals surface area contributed by atoms with Crippen LogP contribution in [-0.2, 0) is 16.1 Å². The molecule has 2 aromatic rings. The van der Waals surface area contributed by atoms with E-state index in [4.69, 9.17) is 11.6 Å². The summed E-state index contributed by atoms with van der Waals surface area (Å²) in [5.74, 6) is -0.602. The lowest BCUT2D eigenvalue weighted by Gasteiger charge is -2.32. The van der Waals surface area contributed by atoms with E-state index in [1.54, 1.807) is 12.1 Å². The van der Waals surface area contributed by atoms with Crippen LogP contribution in [0.5, 0.6) is 0 Å². The monoisotopic (exact) mass is 385 g/mol. The predicted octanol–water partition coefficient (Wildman–Crippen LogP) is 3.83. The Hall–Kier alpha value is -2.53. The van der Waals surface area contributed by atoms with Crippen LogP contribution in [0.25, 0.3) is 0 Å². The van der Waals surface area contributed by atoms with Crippen LogP contribution in [0.1, 0.15) is 25.3 Å². The van der Waals surface area contributed by atoms with Gasteiger partial charge in [-0.25, -0.2) is 0 Å². The molecule has 1 saturated heterocycles. The van der Waals surface area contributed by atoms with Crippen molar-refractivity contribution in [3.63, 3.8) is 0 Å². The largest absolute Gasteiger partial charge is 0.372 e. The molecule has 2 aromatic carbocycles. The van der Waals surface area contributed by atoms with Gasteiger partial charge in [-0.05, 0) is 54.7 Å². The van der Waals surface area contributed by atoms with Crippen molar-refractivity contribution in [2.75, 3.05) is 23.3 Å². The van der Waals surface area contributed by atoms with E-state index in [2.05, 4.69) is 22.5 Å². The van der Waals surface area contributed by atoms with E-state index in [9.17, 15) is 9.59 Å². The number of benzene rings is 2. The number of nitrogens with one attached hydrogen (secondary N) is 2. The summed E-state index contributed by atoms with van der Waals surface area (Å²) in [6, 6.07) is 14.8. The highest BCUT2D eigenvalue weighted by Crippen LogP contribution is 2.24. The minimum Gasteiger partial charge on any atom is -0.372 e. The number of halogens is 1. The van der Waals surface area contributed by atoms with Gasteiger partial charge in [0.25, 0.3) is 0 Å². The minimum atomic E-state index is -0.693. The molecule has 0 atom stereocenters. The number of piperidine rings is 1. The number of nitrogens with zero attached hydrogens (tertiary/aromatic N) is 1. The summed E-state index contributed by atoms with van der Waals surface area (Å²) < 4.78 is 0. The number of carbonyl (C=O) groups is 2. The van der Waals surface area contributed by atoms with E-state index in [0.717, 1.165) is 30.3 Å². The van der Waals surface area contributed by atoms with E-state index in [1.807, 2.05) is 36.4 Å². The van der Waals surface area contributed by atoms with Crippen molar-refractivity contribution in [2.24, 2.45) is 5.92 Å². The van der Waals surface area contributed by atoms with Crippen LogP contribution in [0.3, 0.4) is 0 Å². The lowest BCUT2D eigenvalue weighted by Crippen LogP contribution is -2.35. The van der Waals surface area contributed by atoms with Crippen molar-refractivity contribution < 1.29 is 9.59 Å². The van der Waals surface area contributed by atoms with Crippen molar-refractivity contribution in [3.8, 4) is 0 Å². The predicted molar refractivity (Wildman–Crippen MR) is 109 cm³/mol. The molecular weight excluding hydrogens is 362 g/mol. The van der Waals surface area contributed by atoms with Crippen molar-refractivity contribution in [2.45, 2.75) is 26.3 Å². The Labute approximate surface area is 164 Å². The minimum absolute atomic E-state index is 0.207. The number of hydrogen-bond acceptors (Lipinski definition) is 3. The van der Waals surface area contributed by atoms with Crippen LogP contribution in [-0.4, -0.2) is 24.9 Å². The number of amides is 2. The Kier molecular flexibility index (Phi) is 6.35. The highest BCUT2D eigenvalue weighted by Gasteiger charge is 2.17. The molecule has 0 spiro atoms. The molecule has 0 aliphatic carbocycles. The second-order valence-corrected chi connectivity index (χ2v) is 7.35. The molecule has 1 heterocycles. The van der Waals surface area contributed by atoms with Gasteiger partial charge in [0.05, 0.1) is 0 Å². The molecule has 142 valence electrons. The number of carbonyl (C=O) groups excluding carboxylic acids is 2. The van der Waals surface area contributed by atoms with E-state index < -0.39 is 11.8 Å². The molecular formula is C21H24ClN3O2. The Morgan fingerprint density at radius 1 is 1.04 bits per heavy atom. The number of rotatable bonds is 4. The van der Waals surface area contributed by atoms with Gasteiger partial charge in [0.1, 0.15) is 0 Å². The lowest BCUT2D eigenvalue weighted by atomic mass is 9.99. The fourth-order valence-electron chi connectivity index (χ4n) is 3.11. The van der Waals surface area contributed by atoms with E-state index in [0.29, 0.717) is 10.7 Å². The van der Waals surface area contributed by atoms with E-state index in [1.165, 1.54) is 12.8 Å². The lowest BCUT2D eigenvalue weighted by molar-refractivity contribution is -0.136. The Morgan fingerprint density at radius 2 is 1.70 bits per heavy atom. The Bertz CT molecular complexity index is 799. The first-order valence-electron chi connectivity index (χ1n) is 9.20. The Balaban J connectivity index is 1.51. The fourth-order valence-corrected chi connectivity index (χ4v) is 3.31. The van der Waals surface area contributed by atoms with Gasteiger partial charge in [-0.15, -0.1) is 0 Å². The van der Waals surface area contributed by atoms with Crippen LogP contribution in [0.4, 0.5) is 11.4 Å². The molecule has 6 heteroatoms. The van der Waals surface area contributed by atoms with Crippen molar-refractivity contribution in [1.29, 1.82) is 0 Å². The zero-order chi connectivity index (χ0) is 19.2. The third kappa shape index (κ3) is 5.23. The molecule has 1 aliphatic rings. The molecule has 0 unspecified atom stereocenters. The third-order valence-electron chi connectivity index (χ3n) is 4.88. The average Bonchev–Trinajstić information content (AvgIpc) is 2.68. The molecule has 0 bridgehead atoms. The molecule has 0 saturated carbocycles. The van der Waals surface area contributed by atoms with E-state index in [-0.39, 0.29) is 6.54 Å². The smallest absolute Gasteiger partial charge is 0.313 e. The zero-order valence-corrected chi connectivity index (χ0v) is 16.1. The van der Waals surface area contributed by atoms with Crippen LogP contribution >= 0.6 is 11.6 Å². The second kappa shape index (κ2) is 8.91. The molecule has 0 radical (unpaired) electrons. The molecule has 5 nitrogen and oxygen atoms in total. The van der Waals surface area contributed by atoms with Crippen LogP contribution in [0, 0.1) is 5.92 Å². The molecule has 3 rings (SSSR count). The van der Waals surface area contributed by atoms with Gasteiger partial charge in [0, 0.05) is 36.0 Å². The maximum atomic E-state index is 12.1. The van der Waals surface area contributed by atoms with Gasteiger partial charge in [0.2, 0.25) is 0 Å². The standard InChI is InChI=1S/C21H24ClN3O2/c1-15-10-12-25(13-11-15)18-8-6-17(7-9-18)24-21(27)20(26)23-14-16-4-2-3-5-19(16)22/h2-9,15H,10-14H2,1H3,(H,23,26)(H,24,27). The van der Waals surface area contributed by atoms with Crippen molar-refractivity contribution in [3.05, 3.63) is 59.1 Å². The highest BCUT2D eigenvalue weighted by molar-refractivity contribution is 6.39. The first-order valence-corrected chi connectivity index (χ1v) is 9.58. The van der Waals surface area contributed by atoms with Gasteiger partial charge in [-0.3, -0.25) is 9.59 Å². The SMILES string of the molecule is CC1CCN(c2ccc(NC(=O)C(=O)NCc3ccccc3Cl)cc2)CC1. The van der Waals surface area contributed by atoms with Crippen LogP contribution in [0.2, 0.25) is 5.02 Å². The maximum absolute atomic E-state index is 12.1. The quantitative estimate of drug-likeness (QED) is 0.786. The maximum Gasteiger partial charge on any atom is 0.313 e. The zero-order valence-electron chi connectivity index (χ0n) is 15.4. The van der Waals surface area contributed by atoms with Gasteiger partial charge < -0.3 is 15.5 Å². The average molecular weight is 386 g/mol. The molecule has 2 N–H and O–H groups in total. The summed E-state index contributed by atoms with van der Waals surface area (Å²) in [7, 11) is 0. The molecule has 2 amide bonds. The van der Waals surface area contributed by atoms with Gasteiger partial charge in [-0.1, -0.05) is 36.7 Å². The van der Waals surface area contributed by atoms with Crippen LogP contribution in [0.15, 0.2) is 48.5 Å². The van der Waals surface area contributed by atoms with Crippen molar-refractivity contribution >= 4 is 34.8 Å². The van der Waals surface area contributed by atoms with Gasteiger partial charge in [0.15, 0.2) is 0 Å². The van der Waals surface area contributed by atoms with E-state index >= 15 is 0 Å². The summed E-state index contributed by atoms with van der Waals surface area (Å²) in [5, 5.41) is 5.77. The fraction of sp³-hybridized carbons (Fsp3) is 0.333.